The van der Waals surface area contributed by atoms with Gasteiger partial charge < -0.3 is 20.1 Å². The summed E-state index contributed by atoms with van der Waals surface area (Å²) >= 11 is 0. The van der Waals surface area contributed by atoms with Crippen LogP contribution in [0.2, 0.25) is 0 Å². The Bertz CT molecular complexity index is 700. The Kier molecular flexibility index (Phi) is 9.51. The topological polar surface area (TPSA) is 118 Å². The van der Waals surface area contributed by atoms with E-state index in [0.717, 1.165) is 5.56 Å². The summed E-state index contributed by atoms with van der Waals surface area (Å²) in [6, 6.07) is 9.28. The Balaban J connectivity index is 2.71. The first-order valence-corrected chi connectivity index (χ1v) is 9.03. The minimum absolute atomic E-state index is 0.0730. The second kappa shape index (κ2) is 11.6. The predicted octanol–water partition coefficient (Wildman–Crippen LogP) is 2.14. The molecule has 1 aromatic carbocycles. The van der Waals surface area contributed by atoms with Gasteiger partial charge in [-0.1, -0.05) is 44.2 Å². The lowest BCUT2D eigenvalue weighted by molar-refractivity contribution is -0.145. The molecule has 0 saturated heterocycles. The third-order valence-electron chi connectivity index (χ3n) is 4.05. The molecule has 0 spiro atoms. The predicted molar refractivity (Wildman–Crippen MR) is 102 cm³/mol. The average Bonchev–Trinajstić information content (AvgIpc) is 2.69. The molecule has 0 saturated carbocycles. The molecule has 152 valence electrons. The second-order valence-corrected chi connectivity index (χ2v) is 6.78. The van der Waals surface area contributed by atoms with Crippen LogP contribution in [0.25, 0.3) is 0 Å². The molecule has 0 aliphatic carbocycles. The number of benzene rings is 1. The number of carbonyl (C=O) groups is 3. The Morgan fingerprint density at radius 3 is 2.29 bits per heavy atom. The van der Waals surface area contributed by atoms with E-state index < -0.39 is 36.0 Å². The number of hydrogen-bond acceptors (Lipinski definition) is 6. The summed E-state index contributed by atoms with van der Waals surface area (Å²) in [7, 11) is 1.21. The number of esters is 1. The van der Waals surface area contributed by atoms with E-state index in [0.29, 0.717) is 0 Å². The highest BCUT2D eigenvalue weighted by molar-refractivity contribution is 5.89. The first kappa shape index (κ1) is 23.0. The van der Waals surface area contributed by atoms with Gasteiger partial charge in [-0.3, -0.25) is 4.79 Å². The molecule has 0 heterocycles. The van der Waals surface area contributed by atoms with Gasteiger partial charge in [-0.15, -0.1) is 0 Å². The lowest BCUT2D eigenvalue weighted by Gasteiger charge is -2.24. The summed E-state index contributed by atoms with van der Waals surface area (Å²) in [4.78, 5) is 36.6. The zero-order valence-electron chi connectivity index (χ0n) is 16.6. The van der Waals surface area contributed by atoms with E-state index in [2.05, 4.69) is 10.6 Å². The summed E-state index contributed by atoms with van der Waals surface area (Å²) in [6.45, 7) is 5.23. The van der Waals surface area contributed by atoms with Crippen molar-refractivity contribution in [1.29, 1.82) is 5.26 Å². The molecule has 0 aliphatic rings. The highest BCUT2D eigenvalue weighted by Crippen LogP contribution is 2.09. The summed E-state index contributed by atoms with van der Waals surface area (Å²) in [5.41, 5.74) is 0.819. The summed E-state index contributed by atoms with van der Waals surface area (Å²) in [5, 5.41) is 14.0. The molecule has 8 nitrogen and oxygen atoms in total. The summed E-state index contributed by atoms with van der Waals surface area (Å²) in [6.07, 6.45) is -0.629. The fourth-order valence-corrected chi connectivity index (χ4v) is 2.45. The third-order valence-corrected chi connectivity index (χ3v) is 4.05. The van der Waals surface area contributed by atoms with Crippen LogP contribution in [0.4, 0.5) is 4.79 Å². The van der Waals surface area contributed by atoms with Crippen molar-refractivity contribution in [2.24, 2.45) is 11.8 Å². The number of nitrogens with zero attached hydrogens (tertiary/aromatic N) is 1. The Labute approximate surface area is 165 Å². The van der Waals surface area contributed by atoms with Gasteiger partial charge in [0.2, 0.25) is 5.91 Å². The number of carbonyl (C=O) groups excluding carboxylic acids is 3. The molecule has 8 heteroatoms. The van der Waals surface area contributed by atoms with Crippen LogP contribution in [0.1, 0.15) is 32.8 Å². The van der Waals surface area contributed by atoms with Crippen molar-refractivity contribution in [3.8, 4) is 6.07 Å². The third kappa shape index (κ3) is 7.66. The minimum atomic E-state index is -0.976. The van der Waals surface area contributed by atoms with Crippen LogP contribution in [0, 0.1) is 23.2 Å². The maximum atomic E-state index is 12.6. The molecule has 0 bridgehead atoms. The molecule has 0 unspecified atom stereocenters. The lowest BCUT2D eigenvalue weighted by atomic mass is 10.0. The highest BCUT2D eigenvalue weighted by atomic mass is 16.5. The smallest absolute Gasteiger partial charge is 0.408 e. The normalized spacial score (nSPS) is 13.6. The van der Waals surface area contributed by atoms with Crippen LogP contribution in [-0.4, -0.2) is 37.2 Å². The Morgan fingerprint density at radius 1 is 1.11 bits per heavy atom. The van der Waals surface area contributed by atoms with Gasteiger partial charge in [-0.25, -0.2) is 9.59 Å². The SMILES string of the molecule is COC(=O)[C@@H](C[C@H](C)C#N)NC(=O)[C@@H](NC(=O)OCc1ccccc1)C(C)C. The molecule has 2 N–H and O–H groups in total. The van der Waals surface area contributed by atoms with E-state index >= 15 is 0 Å². The van der Waals surface area contributed by atoms with Crippen molar-refractivity contribution >= 4 is 18.0 Å². The van der Waals surface area contributed by atoms with Gasteiger partial charge in [0.05, 0.1) is 13.2 Å². The van der Waals surface area contributed by atoms with Crippen molar-refractivity contribution in [2.45, 2.75) is 45.9 Å². The molecular weight excluding hydrogens is 362 g/mol. The van der Waals surface area contributed by atoms with Gasteiger partial charge >= 0.3 is 12.1 Å². The van der Waals surface area contributed by atoms with Crippen molar-refractivity contribution < 1.29 is 23.9 Å². The van der Waals surface area contributed by atoms with E-state index in [-0.39, 0.29) is 18.9 Å². The van der Waals surface area contributed by atoms with Gasteiger partial charge in [0.15, 0.2) is 0 Å². The van der Waals surface area contributed by atoms with Crippen molar-refractivity contribution in [1.82, 2.24) is 10.6 Å². The van der Waals surface area contributed by atoms with Crippen LogP contribution >= 0.6 is 0 Å². The number of amides is 2. The zero-order chi connectivity index (χ0) is 21.1. The highest BCUT2D eigenvalue weighted by Gasteiger charge is 2.30. The maximum Gasteiger partial charge on any atom is 0.408 e. The molecule has 1 rings (SSSR count). The van der Waals surface area contributed by atoms with Crippen molar-refractivity contribution in [3.05, 3.63) is 35.9 Å². The van der Waals surface area contributed by atoms with Crippen LogP contribution in [-0.2, 0) is 25.7 Å². The zero-order valence-corrected chi connectivity index (χ0v) is 16.6. The quantitative estimate of drug-likeness (QED) is 0.625. The maximum absolute atomic E-state index is 12.6. The molecular formula is C20H27N3O5. The number of hydrogen-bond donors (Lipinski definition) is 2. The molecule has 0 radical (unpaired) electrons. The molecule has 0 aliphatic heterocycles. The van der Waals surface area contributed by atoms with Crippen LogP contribution < -0.4 is 10.6 Å². The number of methoxy groups -OCH3 is 1. The van der Waals surface area contributed by atoms with Crippen molar-refractivity contribution in [3.63, 3.8) is 0 Å². The van der Waals surface area contributed by atoms with Crippen LogP contribution in [0.15, 0.2) is 30.3 Å². The van der Waals surface area contributed by atoms with Crippen molar-refractivity contribution in [2.75, 3.05) is 7.11 Å². The van der Waals surface area contributed by atoms with Gasteiger partial charge in [-0.05, 0) is 24.8 Å². The number of ether oxygens (including phenoxy) is 2. The van der Waals surface area contributed by atoms with Gasteiger partial charge in [0.1, 0.15) is 18.7 Å². The number of alkyl carbamates (subject to hydrolysis) is 1. The molecule has 3 atom stereocenters. The van der Waals surface area contributed by atoms with Crippen LogP contribution in [0.3, 0.4) is 0 Å². The van der Waals surface area contributed by atoms with Gasteiger partial charge in [-0.2, -0.15) is 5.26 Å². The minimum Gasteiger partial charge on any atom is -0.467 e. The van der Waals surface area contributed by atoms with E-state index in [1.807, 2.05) is 36.4 Å². The van der Waals surface area contributed by atoms with E-state index in [4.69, 9.17) is 14.7 Å². The fraction of sp³-hybridized carbons (Fsp3) is 0.500. The number of rotatable bonds is 9. The van der Waals surface area contributed by atoms with Gasteiger partial charge in [0.25, 0.3) is 0 Å². The largest absolute Gasteiger partial charge is 0.467 e. The molecule has 28 heavy (non-hydrogen) atoms. The van der Waals surface area contributed by atoms with E-state index in [1.54, 1.807) is 20.8 Å². The first-order chi connectivity index (χ1) is 13.3. The summed E-state index contributed by atoms with van der Waals surface area (Å²) < 4.78 is 9.84. The lowest BCUT2D eigenvalue weighted by Crippen LogP contribution is -2.54. The number of nitrogens with one attached hydrogen (secondary N) is 2. The fourth-order valence-electron chi connectivity index (χ4n) is 2.45. The second-order valence-electron chi connectivity index (χ2n) is 6.78. The number of nitriles is 1. The standard InChI is InChI=1S/C20H27N3O5/c1-13(2)17(23-20(26)28-12-15-8-6-5-7-9-15)18(24)22-16(19(25)27-4)10-14(3)11-21/h5-9,13-14,16-17H,10,12H2,1-4H3,(H,22,24)(H,23,26)/t14-,16+,17-/m0/s1. The molecule has 0 fully saturated rings. The van der Waals surface area contributed by atoms with E-state index in [1.165, 1.54) is 7.11 Å². The summed E-state index contributed by atoms with van der Waals surface area (Å²) in [5.74, 6) is -1.90. The van der Waals surface area contributed by atoms with Gasteiger partial charge in [0, 0.05) is 5.92 Å². The first-order valence-electron chi connectivity index (χ1n) is 9.03. The molecule has 1 aromatic rings. The Morgan fingerprint density at radius 2 is 1.75 bits per heavy atom. The molecule has 0 aromatic heterocycles. The Hall–Kier alpha value is -3.08. The van der Waals surface area contributed by atoms with Crippen LogP contribution in [0.5, 0.6) is 0 Å². The van der Waals surface area contributed by atoms with E-state index in [9.17, 15) is 14.4 Å². The molecule has 2 amide bonds. The average molecular weight is 389 g/mol. The monoisotopic (exact) mass is 389 g/mol.